The third-order valence-electron chi connectivity index (χ3n) is 5.01. The van der Waals surface area contributed by atoms with Crippen LogP contribution in [0.15, 0.2) is 58.2 Å². The second kappa shape index (κ2) is 10.0. The zero-order valence-corrected chi connectivity index (χ0v) is 19.3. The van der Waals surface area contributed by atoms with Gasteiger partial charge in [-0.15, -0.1) is 11.8 Å². The van der Waals surface area contributed by atoms with E-state index in [-0.39, 0.29) is 11.5 Å². The van der Waals surface area contributed by atoms with Gasteiger partial charge >= 0.3 is 11.5 Å². The fraction of sp³-hybridized carbons (Fsp3) is 0.375. The monoisotopic (exact) mass is 440 g/mol. The molecule has 0 fully saturated rings. The van der Waals surface area contributed by atoms with Crippen molar-refractivity contribution in [3.05, 3.63) is 64.7 Å². The molecule has 1 heterocycles. The maximum atomic E-state index is 12.7. The van der Waals surface area contributed by atoms with Crippen molar-refractivity contribution in [1.29, 1.82) is 0 Å². The molecular weight excluding hydrogens is 410 g/mol. The Morgan fingerprint density at radius 1 is 1.16 bits per heavy atom. The molecule has 1 aromatic heterocycles. The standard InChI is InChI=1S/C24H29N3O3S/c1-5-30-23(29)24(3,4)31-19-13-11-18(12-14-19)25-15-8-16-27-17(2)26-21-10-7-6-9-20(21)22(27)28/h6-7,9-14,25H,5,8,15-16H2,1-4H3/p+1. The lowest BCUT2D eigenvalue weighted by Crippen LogP contribution is -2.31. The highest BCUT2D eigenvalue weighted by atomic mass is 32.2. The maximum absolute atomic E-state index is 12.7. The number of nitrogens with one attached hydrogen (secondary N) is 2. The molecule has 6 nitrogen and oxygen atoms in total. The molecule has 2 aromatic carbocycles. The Labute approximate surface area is 187 Å². The van der Waals surface area contributed by atoms with Crippen molar-refractivity contribution >= 4 is 34.3 Å². The lowest BCUT2D eigenvalue weighted by atomic mass is 10.2. The number of benzene rings is 2. The quantitative estimate of drug-likeness (QED) is 0.309. The number of H-pyrrole nitrogens is 1. The number of anilines is 1. The highest BCUT2D eigenvalue weighted by Crippen LogP contribution is 2.34. The first-order chi connectivity index (χ1) is 14.8. The molecule has 0 aliphatic heterocycles. The predicted octanol–water partition coefficient (Wildman–Crippen LogP) is 4.06. The number of hydrogen-bond acceptors (Lipinski definition) is 5. The van der Waals surface area contributed by atoms with E-state index in [0.717, 1.165) is 34.9 Å². The fourth-order valence-electron chi connectivity index (χ4n) is 3.36. The average molecular weight is 441 g/mol. The van der Waals surface area contributed by atoms with Crippen molar-refractivity contribution in [1.82, 2.24) is 4.57 Å². The summed E-state index contributed by atoms with van der Waals surface area (Å²) in [6, 6.07) is 15.6. The van der Waals surface area contributed by atoms with Gasteiger partial charge in [-0.05, 0) is 57.2 Å². The van der Waals surface area contributed by atoms with Gasteiger partial charge in [-0.25, -0.2) is 9.78 Å². The molecule has 164 valence electrons. The smallest absolute Gasteiger partial charge is 0.345 e. The lowest BCUT2D eigenvalue weighted by Gasteiger charge is -2.21. The van der Waals surface area contributed by atoms with Gasteiger partial charge in [-0.3, -0.25) is 4.79 Å². The molecule has 0 atom stereocenters. The number of para-hydroxylation sites is 1. The summed E-state index contributed by atoms with van der Waals surface area (Å²) in [5, 5.41) is 4.11. The summed E-state index contributed by atoms with van der Waals surface area (Å²) in [6.45, 7) is 9.26. The second-order valence-electron chi connectivity index (χ2n) is 7.85. The molecule has 0 bridgehead atoms. The van der Waals surface area contributed by atoms with Gasteiger partial charge in [0, 0.05) is 30.5 Å². The number of thioether (sulfide) groups is 1. The summed E-state index contributed by atoms with van der Waals surface area (Å²) in [7, 11) is 0. The Hall–Kier alpha value is -2.80. The number of ether oxygens (including phenoxy) is 1. The molecule has 0 spiro atoms. The number of aromatic nitrogens is 2. The van der Waals surface area contributed by atoms with Crippen LogP contribution < -0.4 is 15.9 Å². The number of fused-ring (bicyclic) bond motifs is 1. The van der Waals surface area contributed by atoms with Crippen molar-refractivity contribution in [3.63, 3.8) is 0 Å². The maximum Gasteiger partial charge on any atom is 0.345 e. The Kier molecular flexibility index (Phi) is 7.38. The van der Waals surface area contributed by atoms with E-state index in [4.69, 9.17) is 4.74 Å². The van der Waals surface area contributed by atoms with Crippen molar-refractivity contribution in [2.75, 3.05) is 18.5 Å². The van der Waals surface area contributed by atoms with E-state index in [0.29, 0.717) is 18.5 Å². The Bertz CT molecular complexity index is 1110. The number of carbonyl (C=O) groups excluding carboxylic acids is 1. The van der Waals surface area contributed by atoms with Crippen LogP contribution in [0.2, 0.25) is 0 Å². The van der Waals surface area contributed by atoms with Crippen LogP contribution in [0, 0.1) is 6.92 Å². The van der Waals surface area contributed by atoms with E-state index in [9.17, 15) is 9.59 Å². The van der Waals surface area contributed by atoms with Gasteiger partial charge in [0.25, 0.3) is 5.82 Å². The first-order valence-corrected chi connectivity index (χ1v) is 11.3. The number of carbonyl (C=O) groups is 1. The molecule has 0 saturated carbocycles. The molecule has 2 N–H and O–H groups in total. The molecule has 0 saturated heterocycles. The summed E-state index contributed by atoms with van der Waals surface area (Å²) < 4.78 is 6.31. The molecule has 0 unspecified atom stereocenters. The SMILES string of the molecule is CCOC(=O)C(C)(C)Sc1ccc(NCCCn2c(C)[nH+]c3ccccc3c2=O)cc1. The van der Waals surface area contributed by atoms with E-state index in [1.165, 1.54) is 11.8 Å². The molecule has 0 aliphatic rings. The lowest BCUT2D eigenvalue weighted by molar-refractivity contribution is -0.364. The molecule has 3 rings (SSSR count). The minimum absolute atomic E-state index is 0.0393. The molecule has 3 aromatic rings. The zero-order chi connectivity index (χ0) is 22.4. The summed E-state index contributed by atoms with van der Waals surface area (Å²) in [4.78, 5) is 29.1. The van der Waals surface area contributed by atoms with E-state index in [2.05, 4.69) is 10.3 Å². The third-order valence-corrected chi connectivity index (χ3v) is 6.19. The predicted molar refractivity (Wildman–Crippen MR) is 126 cm³/mol. The summed E-state index contributed by atoms with van der Waals surface area (Å²) >= 11 is 1.49. The van der Waals surface area contributed by atoms with Gasteiger partial charge in [0.2, 0.25) is 0 Å². The van der Waals surface area contributed by atoms with Crippen LogP contribution in [0.4, 0.5) is 5.69 Å². The normalized spacial score (nSPS) is 11.5. The van der Waals surface area contributed by atoms with Gasteiger partial charge in [0.05, 0.1) is 13.2 Å². The highest BCUT2D eigenvalue weighted by Gasteiger charge is 2.30. The molecule has 0 radical (unpaired) electrons. The van der Waals surface area contributed by atoms with Crippen LogP contribution in [-0.4, -0.2) is 28.4 Å². The zero-order valence-electron chi connectivity index (χ0n) is 18.5. The van der Waals surface area contributed by atoms with Crippen molar-refractivity contribution in [2.45, 2.75) is 50.3 Å². The summed E-state index contributed by atoms with van der Waals surface area (Å²) in [5.74, 6) is 0.646. The molecule has 31 heavy (non-hydrogen) atoms. The van der Waals surface area contributed by atoms with E-state index >= 15 is 0 Å². The van der Waals surface area contributed by atoms with Crippen LogP contribution in [0.25, 0.3) is 10.9 Å². The molecule has 0 amide bonds. The average Bonchev–Trinajstić information content (AvgIpc) is 2.74. The Morgan fingerprint density at radius 3 is 2.58 bits per heavy atom. The van der Waals surface area contributed by atoms with Crippen molar-refractivity contribution in [2.24, 2.45) is 0 Å². The number of nitrogens with zero attached hydrogens (tertiary/aromatic N) is 1. The summed E-state index contributed by atoms with van der Waals surface area (Å²) in [6.07, 6.45) is 0.819. The van der Waals surface area contributed by atoms with Crippen LogP contribution in [0.3, 0.4) is 0 Å². The molecular formula is C24H30N3O3S+. The van der Waals surface area contributed by atoms with Gasteiger partial charge in [-0.1, -0.05) is 12.1 Å². The van der Waals surface area contributed by atoms with Crippen LogP contribution in [0.5, 0.6) is 0 Å². The first kappa shape index (κ1) is 22.9. The van der Waals surface area contributed by atoms with E-state index in [1.807, 2.05) is 76.2 Å². The van der Waals surface area contributed by atoms with Gasteiger partial charge in [0.1, 0.15) is 15.6 Å². The minimum atomic E-state index is -0.632. The number of hydrogen-bond donors (Lipinski definition) is 1. The largest absolute Gasteiger partial charge is 0.465 e. The number of rotatable bonds is 9. The van der Waals surface area contributed by atoms with E-state index < -0.39 is 4.75 Å². The molecule has 0 aliphatic carbocycles. The van der Waals surface area contributed by atoms with Crippen LogP contribution in [0.1, 0.15) is 33.0 Å². The van der Waals surface area contributed by atoms with Gasteiger partial charge in [0.15, 0.2) is 0 Å². The van der Waals surface area contributed by atoms with Gasteiger partial charge in [-0.2, -0.15) is 4.57 Å². The molecule has 7 heteroatoms. The third kappa shape index (κ3) is 5.67. The van der Waals surface area contributed by atoms with Crippen LogP contribution in [-0.2, 0) is 16.1 Å². The Morgan fingerprint density at radius 2 is 1.87 bits per heavy atom. The number of aryl methyl sites for hydroxylation is 1. The van der Waals surface area contributed by atoms with Crippen molar-refractivity contribution < 1.29 is 14.5 Å². The van der Waals surface area contributed by atoms with Crippen LogP contribution >= 0.6 is 11.8 Å². The van der Waals surface area contributed by atoms with Gasteiger partial charge < -0.3 is 10.1 Å². The van der Waals surface area contributed by atoms with Crippen molar-refractivity contribution in [3.8, 4) is 0 Å². The highest BCUT2D eigenvalue weighted by molar-refractivity contribution is 8.01. The fourth-order valence-corrected chi connectivity index (χ4v) is 4.36. The minimum Gasteiger partial charge on any atom is -0.465 e. The summed E-state index contributed by atoms with van der Waals surface area (Å²) in [5.41, 5.74) is 1.91. The Balaban J connectivity index is 1.54. The topological polar surface area (TPSA) is 74.5 Å². The first-order valence-electron chi connectivity index (χ1n) is 10.5. The van der Waals surface area contributed by atoms with E-state index in [1.54, 1.807) is 4.57 Å². The number of aromatic amines is 1. The number of esters is 1. The second-order valence-corrected chi connectivity index (χ2v) is 9.55.